The molecule has 1 atom stereocenters. The van der Waals surface area contributed by atoms with Gasteiger partial charge in [-0.1, -0.05) is 76.9 Å². The van der Waals surface area contributed by atoms with Gasteiger partial charge in [0.05, 0.1) is 6.61 Å². The Hall–Kier alpha value is -0.150. The van der Waals surface area contributed by atoms with Gasteiger partial charge in [0, 0.05) is 0 Å². The molecule has 0 amide bonds. The topological polar surface area (TPSA) is 69.6 Å². The zero-order chi connectivity index (χ0) is 17.2. The van der Waals surface area contributed by atoms with Crippen molar-refractivity contribution in [3.8, 4) is 0 Å². The van der Waals surface area contributed by atoms with E-state index in [4.69, 9.17) is 4.89 Å². The molecule has 0 heterocycles. The van der Waals surface area contributed by atoms with Crippen LogP contribution in [0.3, 0.4) is 0 Å². The summed E-state index contributed by atoms with van der Waals surface area (Å²) in [7, 11) is -4.51. The van der Waals surface area contributed by atoms with E-state index >= 15 is 0 Å². The number of phosphoric ester groups is 1. The molecule has 0 bridgehead atoms. The molecule has 0 aliphatic heterocycles. The van der Waals surface area contributed by atoms with Gasteiger partial charge in [0.1, 0.15) is 0 Å². The summed E-state index contributed by atoms with van der Waals surface area (Å²) in [5.41, 5.74) is 0. The number of hydrogen-bond donors (Lipinski definition) is 1. The lowest BCUT2D eigenvalue weighted by atomic mass is 10.1. The Bertz CT molecular complexity index is 312. The molecule has 0 aliphatic rings. The van der Waals surface area contributed by atoms with Crippen LogP contribution < -0.4 is 4.89 Å². The highest BCUT2D eigenvalue weighted by molar-refractivity contribution is 7.44. The lowest BCUT2D eigenvalue weighted by Gasteiger charge is -2.14. The molecule has 0 saturated carbocycles. The lowest BCUT2D eigenvalue weighted by molar-refractivity contribution is -0.219. The fourth-order valence-corrected chi connectivity index (χ4v) is 2.89. The molecule has 0 aliphatic carbocycles. The van der Waals surface area contributed by atoms with E-state index in [0.29, 0.717) is 6.42 Å². The minimum absolute atomic E-state index is 0.0957. The quantitative estimate of drug-likeness (QED) is 0.214. The van der Waals surface area contributed by atoms with Gasteiger partial charge in [-0.3, -0.25) is 4.57 Å². The fourth-order valence-electron chi connectivity index (χ4n) is 2.53. The van der Waals surface area contributed by atoms with Crippen molar-refractivity contribution in [2.24, 2.45) is 0 Å². The van der Waals surface area contributed by atoms with Crippen molar-refractivity contribution in [2.75, 3.05) is 6.61 Å². The predicted molar refractivity (Wildman–Crippen MR) is 95.2 cm³/mol. The Morgan fingerprint density at radius 1 is 0.826 bits per heavy atom. The van der Waals surface area contributed by atoms with Gasteiger partial charge in [0.25, 0.3) is 7.82 Å². The largest absolute Gasteiger partial charge is 0.756 e. The van der Waals surface area contributed by atoms with Gasteiger partial charge in [0.15, 0.2) is 0 Å². The maximum absolute atomic E-state index is 10.3. The summed E-state index contributed by atoms with van der Waals surface area (Å²) in [5.74, 6) is 0. The van der Waals surface area contributed by atoms with E-state index in [2.05, 4.69) is 23.6 Å². The van der Waals surface area contributed by atoms with Crippen molar-refractivity contribution in [2.45, 2.75) is 96.8 Å². The SMILES string of the molecule is CCCCCCCC/C=C\CCCCCCCCOP(=O)([O-])O. The van der Waals surface area contributed by atoms with E-state index < -0.39 is 7.82 Å². The molecule has 138 valence electrons. The van der Waals surface area contributed by atoms with Crippen LogP contribution in [0.2, 0.25) is 0 Å². The van der Waals surface area contributed by atoms with Crippen molar-refractivity contribution < 1.29 is 18.9 Å². The van der Waals surface area contributed by atoms with Crippen LogP contribution in [0.5, 0.6) is 0 Å². The number of unbranched alkanes of at least 4 members (excludes halogenated alkanes) is 12. The number of phosphoric acid groups is 1. The highest BCUT2D eigenvalue weighted by atomic mass is 31.2. The Morgan fingerprint density at radius 3 is 1.74 bits per heavy atom. The van der Waals surface area contributed by atoms with Gasteiger partial charge in [-0.2, -0.15) is 0 Å². The zero-order valence-electron chi connectivity index (χ0n) is 14.9. The van der Waals surface area contributed by atoms with Crippen molar-refractivity contribution >= 4 is 7.82 Å². The van der Waals surface area contributed by atoms with E-state index in [-0.39, 0.29) is 6.61 Å². The predicted octanol–water partition coefficient (Wildman–Crippen LogP) is 5.50. The molecule has 23 heavy (non-hydrogen) atoms. The third-order valence-corrected chi connectivity index (χ3v) is 4.42. The first-order valence-electron chi connectivity index (χ1n) is 9.39. The molecule has 0 aromatic carbocycles. The normalized spacial score (nSPS) is 14.4. The Morgan fingerprint density at radius 2 is 1.26 bits per heavy atom. The molecule has 1 N–H and O–H groups in total. The first kappa shape index (κ1) is 22.9. The van der Waals surface area contributed by atoms with Gasteiger partial charge in [-0.15, -0.1) is 0 Å². The second-order valence-electron chi connectivity index (χ2n) is 6.24. The number of rotatable bonds is 17. The summed E-state index contributed by atoms with van der Waals surface area (Å²) in [6.07, 6.45) is 21.6. The monoisotopic (exact) mass is 347 g/mol. The lowest BCUT2D eigenvalue weighted by Crippen LogP contribution is -2.04. The van der Waals surface area contributed by atoms with Crippen LogP contribution in [-0.4, -0.2) is 11.5 Å². The molecule has 0 rings (SSSR count). The van der Waals surface area contributed by atoms with Gasteiger partial charge < -0.3 is 14.3 Å². The van der Waals surface area contributed by atoms with Crippen LogP contribution in [-0.2, 0) is 9.09 Å². The summed E-state index contributed by atoms with van der Waals surface area (Å²) >= 11 is 0. The first-order valence-corrected chi connectivity index (χ1v) is 10.9. The summed E-state index contributed by atoms with van der Waals surface area (Å²) < 4.78 is 14.6. The molecular formula is C18H36O4P-. The Labute approximate surface area is 143 Å². The minimum atomic E-state index is -4.51. The van der Waals surface area contributed by atoms with Crippen molar-refractivity contribution in [3.05, 3.63) is 12.2 Å². The van der Waals surface area contributed by atoms with E-state index in [0.717, 1.165) is 12.8 Å². The number of hydrogen-bond acceptors (Lipinski definition) is 3. The maximum Gasteiger partial charge on any atom is 0.265 e. The van der Waals surface area contributed by atoms with Gasteiger partial charge in [0.2, 0.25) is 0 Å². The summed E-state index contributed by atoms with van der Waals surface area (Å²) in [4.78, 5) is 18.8. The second kappa shape index (κ2) is 16.7. The molecular weight excluding hydrogens is 311 g/mol. The number of allylic oxidation sites excluding steroid dienone is 2. The third-order valence-electron chi connectivity index (χ3n) is 3.91. The zero-order valence-corrected chi connectivity index (χ0v) is 15.8. The molecule has 0 aromatic rings. The van der Waals surface area contributed by atoms with Crippen LogP contribution in [0, 0.1) is 0 Å². The van der Waals surface area contributed by atoms with E-state index in [1.54, 1.807) is 0 Å². The second-order valence-corrected chi connectivity index (χ2v) is 7.43. The van der Waals surface area contributed by atoms with E-state index in [9.17, 15) is 9.46 Å². The molecule has 0 aromatic heterocycles. The first-order chi connectivity index (χ1) is 11.1. The van der Waals surface area contributed by atoms with Crippen molar-refractivity contribution in [3.63, 3.8) is 0 Å². The minimum Gasteiger partial charge on any atom is -0.756 e. The van der Waals surface area contributed by atoms with Crippen LogP contribution in [0.4, 0.5) is 0 Å². The highest BCUT2D eigenvalue weighted by Crippen LogP contribution is 2.30. The Kier molecular flexibility index (Phi) is 16.6. The van der Waals surface area contributed by atoms with Gasteiger partial charge in [-0.05, 0) is 32.1 Å². The fraction of sp³-hybridized carbons (Fsp3) is 0.889. The van der Waals surface area contributed by atoms with Crippen LogP contribution in [0.25, 0.3) is 0 Å². The van der Waals surface area contributed by atoms with E-state index in [1.807, 2.05) is 0 Å². The van der Waals surface area contributed by atoms with Gasteiger partial charge in [-0.25, -0.2) is 0 Å². The van der Waals surface area contributed by atoms with Crippen molar-refractivity contribution in [1.82, 2.24) is 0 Å². The molecule has 0 fully saturated rings. The molecule has 5 heteroatoms. The summed E-state index contributed by atoms with van der Waals surface area (Å²) in [6, 6.07) is 0. The molecule has 0 spiro atoms. The van der Waals surface area contributed by atoms with Crippen LogP contribution >= 0.6 is 7.82 Å². The summed E-state index contributed by atoms with van der Waals surface area (Å²) in [6.45, 7) is 2.35. The average Bonchev–Trinajstić information content (AvgIpc) is 2.49. The molecule has 4 nitrogen and oxygen atoms in total. The Balaban J connectivity index is 3.12. The standard InChI is InChI=1S/C18H37O4P/c1-2-3-4-5-6-7-8-9-10-11-12-13-14-15-16-17-18-22-23(19,20)21/h9-10H,2-8,11-18H2,1H3,(H2,19,20,21)/p-1/b10-9-. The van der Waals surface area contributed by atoms with Crippen LogP contribution in [0.15, 0.2) is 12.2 Å². The molecule has 1 unspecified atom stereocenters. The average molecular weight is 347 g/mol. The van der Waals surface area contributed by atoms with Crippen molar-refractivity contribution in [1.29, 1.82) is 0 Å². The third kappa shape index (κ3) is 21.9. The maximum atomic E-state index is 10.3. The highest BCUT2D eigenvalue weighted by Gasteiger charge is 2.00. The van der Waals surface area contributed by atoms with E-state index in [1.165, 1.54) is 70.6 Å². The smallest absolute Gasteiger partial charge is 0.265 e. The molecule has 0 radical (unpaired) electrons. The van der Waals surface area contributed by atoms with Gasteiger partial charge >= 0.3 is 0 Å². The summed E-state index contributed by atoms with van der Waals surface area (Å²) in [5, 5.41) is 0. The van der Waals surface area contributed by atoms with Crippen LogP contribution in [0.1, 0.15) is 96.8 Å². The molecule has 0 saturated heterocycles.